The molecule has 0 bridgehead atoms. The Balaban J connectivity index is 1.65. The van der Waals surface area contributed by atoms with Gasteiger partial charge in [-0.05, 0) is 48.9 Å². The van der Waals surface area contributed by atoms with Crippen LogP contribution in [0, 0.1) is 11.3 Å². The van der Waals surface area contributed by atoms with Crippen molar-refractivity contribution in [1.29, 1.82) is 5.26 Å². The van der Waals surface area contributed by atoms with Gasteiger partial charge in [-0.3, -0.25) is 0 Å². The number of rotatable bonds is 5. The molecule has 7 heteroatoms. The molecule has 4 rings (SSSR count). The lowest BCUT2D eigenvalue weighted by molar-refractivity contribution is 0.0734. The van der Waals surface area contributed by atoms with Crippen molar-refractivity contribution in [2.45, 2.75) is 12.8 Å². The van der Waals surface area contributed by atoms with Gasteiger partial charge in [-0.15, -0.1) is 0 Å². The van der Waals surface area contributed by atoms with Gasteiger partial charge in [0.1, 0.15) is 28.9 Å². The number of nitrogens with two attached hydrogens (primary N) is 1. The molecule has 0 radical (unpaired) electrons. The van der Waals surface area contributed by atoms with Crippen LogP contribution in [0.3, 0.4) is 0 Å². The third-order valence-corrected chi connectivity index (χ3v) is 5.20. The predicted molar refractivity (Wildman–Crippen MR) is 120 cm³/mol. The van der Waals surface area contributed by atoms with Crippen LogP contribution in [0.5, 0.6) is 17.2 Å². The molecule has 0 spiro atoms. The average Bonchev–Trinajstić information content (AvgIpc) is 2.78. The number of hydrogen-bond acceptors (Lipinski definition) is 6. The van der Waals surface area contributed by atoms with E-state index in [4.69, 9.17) is 31.5 Å². The topological polar surface area (TPSA) is 94.6 Å². The van der Waals surface area contributed by atoms with E-state index in [9.17, 15) is 10.1 Å². The smallest absolute Gasteiger partial charge is 0.343 e. The minimum atomic E-state index is -0.532. The Morgan fingerprint density at radius 3 is 2.69 bits per heavy atom. The largest absolute Gasteiger partial charge is 0.494 e. The van der Waals surface area contributed by atoms with Crippen LogP contribution in [-0.2, 0) is 0 Å². The van der Waals surface area contributed by atoms with E-state index < -0.39 is 11.9 Å². The van der Waals surface area contributed by atoms with E-state index in [0.717, 1.165) is 11.1 Å². The highest BCUT2D eigenvalue weighted by Crippen LogP contribution is 2.43. The lowest BCUT2D eigenvalue weighted by Gasteiger charge is -2.26. The average molecular weight is 447 g/mol. The second-order valence-corrected chi connectivity index (χ2v) is 7.47. The van der Waals surface area contributed by atoms with E-state index in [0.29, 0.717) is 28.7 Å². The summed E-state index contributed by atoms with van der Waals surface area (Å²) in [6.45, 7) is 2.36. The molecule has 1 atom stereocenters. The zero-order chi connectivity index (χ0) is 22.7. The fourth-order valence-corrected chi connectivity index (χ4v) is 3.77. The van der Waals surface area contributed by atoms with Gasteiger partial charge in [0.2, 0.25) is 5.88 Å². The van der Waals surface area contributed by atoms with Crippen LogP contribution in [0.2, 0.25) is 5.02 Å². The molecule has 6 nitrogen and oxygen atoms in total. The van der Waals surface area contributed by atoms with Gasteiger partial charge < -0.3 is 19.9 Å². The van der Waals surface area contributed by atoms with Gasteiger partial charge in [-0.2, -0.15) is 5.26 Å². The van der Waals surface area contributed by atoms with Crippen LogP contribution < -0.4 is 19.9 Å². The zero-order valence-corrected chi connectivity index (χ0v) is 17.9. The number of nitriles is 1. The Morgan fingerprint density at radius 1 is 1.12 bits per heavy atom. The fourth-order valence-electron chi connectivity index (χ4n) is 3.57. The number of allylic oxidation sites excluding steroid dienone is 1. The first-order chi connectivity index (χ1) is 15.5. The number of carbonyl (C=O) groups excluding carboxylic acids is 1. The van der Waals surface area contributed by atoms with Crippen molar-refractivity contribution in [3.05, 3.63) is 99.9 Å². The Kier molecular flexibility index (Phi) is 6.02. The summed E-state index contributed by atoms with van der Waals surface area (Å²) in [5.41, 5.74) is 8.21. The number of carbonyl (C=O) groups is 1. The zero-order valence-electron chi connectivity index (χ0n) is 17.2. The van der Waals surface area contributed by atoms with Crippen molar-refractivity contribution in [1.82, 2.24) is 0 Å². The Morgan fingerprint density at radius 2 is 1.94 bits per heavy atom. The van der Waals surface area contributed by atoms with E-state index in [-0.39, 0.29) is 17.2 Å². The van der Waals surface area contributed by atoms with E-state index in [1.54, 1.807) is 54.6 Å². The lowest BCUT2D eigenvalue weighted by atomic mass is 9.83. The Bertz CT molecular complexity index is 1260. The third kappa shape index (κ3) is 4.25. The van der Waals surface area contributed by atoms with E-state index in [1.807, 2.05) is 19.1 Å². The first-order valence-electron chi connectivity index (χ1n) is 9.92. The second kappa shape index (κ2) is 9.04. The minimum Gasteiger partial charge on any atom is -0.494 e. The van der Waals surface area contributed by atoms with E-state index >= 15 is 0 Å². The summed E-state index contributed by atoms with van der Waals surface area (Å²) in [5.74, 6) is 0.290. The normalized spacial score (nSPS) is 14.7. The molecule has 0 aliphatic carbocycles. The number of benzene rings is 3. The molecule has 0 aromatic heterocycles. The standard InChI is InChI=1S/C25H19ClN2O4/c1-2-30-18-8-4-6-16(12-18)25(29)31-19-9-10-20-22(13-19)32-24(28)21(14-27)23(20)15-5-3-7-17(26)11-15/h3-13,23H,2,28H2,1H3. The maximum Gasteiger partial charge on any atom is 0.343 e. The molecule has 32 heavy (non-hydrogen) atoms. The van der Waals surface area contributed by atoms with E-state index in [2.05, 4.69) is 6.07 Å². The summed E-state index contributed by atoms with van der Waals surface area (Å²) in [6.07, 6.45) is 0. The van der Waals surface area contributed by atoms with Crippen molar-refractivity contribution >= 4 is 17.6 Å². The summed E-state index contributed by atoms with van der Waals surface area (Å²) in [5, 5.41) is 10.2. The highest BCUT2D eigenvalue weighted by Gasteiger charge is 2.31. The molecule has 0 amide bonds. The van der Waals surface area contributed by atoms with Crippen LogP contribution in [0.1, 0.15) is 34.3 Å². The molecule has 1 aliphatic rings. The molecule has 0 fully saturated rings. The van der Waals surface area contributed by atoms with Crippen LogP contribution in [0.25, 0.3) is 0 Å². The van der Waals surface area contributed by atoms with Crippen molar-refractivity contribution in [3.8, 4) is 23.3 Å². The summed E-state index contributed by atoms with van der Waals surface area (Å²) < 4.78 is 16.7. The summed E-state index contributed by atoms with van der Waals surface area (Å²) in [6, 6.07) is 21.1. The summed E-state index contributed by atoms with van der Waals surface area (Å²) in [4.78, 5) is 12.6. The molecule has 1 unspecified atom stereocenters. The SMILES string of the molecule is CCOc1cccc(C(=O)Oc2ccc3c(c2)OC(N)=C(C#N)C3c2cccc(Cl)c2)c1. The molecular formula is C25H19ClN2O4. The number of hydrogen-bond donors (Lipinski definition) is 1. The number of halogens is 1. The molecule has 3 aromatic rings. The Labute approximate surface area is 190 Å². The second-order valence-electron chi connectivity index (χ2n) is 7.03. The molecule has 1 aliphatic heterocycles. The molecule has 1 heterocycles. The first kappa shape index (κ1) is 21.3. The van der Waals surface area contributed by atoms with Gasteiger partial charge in [0.25, 0.3) is 0 Å². The molecule has 2 N–H and O–H groups in total. The monoisotopic (exact) mass is 446 g/mol. The quantitative estimate of drug-likeness (QED) is 0.429. The molecular weight excluding hydrogens is 428 g/mol. The summed E-state index contributed by atoms with van der Waals surface area (Å²) in [7, 11) is 0. The predicted octanol–water partition coefficient (Wildman–Crippen LogP) is 5.18. The van der Waals surface area contributed by atoms with Crippen molar-refractivity contribution in [2.75, 3.05) is 6.61 Å². The van der Waals surface area contributed by atoms with Crippen LogP contribution in [-0.4, -0.2) is 12.6 Å². The van der Waals surface area contributed by atoms with Gasteiger partial charge >= 0.3 is 5.97 Å². The highest BCUT2D eigenvalue weighted by molar-refractivity contribution is 6.30. The van der Waals surface area contributed by atoms with Crippen LogP contribution >= 0.6 is 11.6 Å². The van der Waals surface area contributed by atoms with Crippen molar-refractivity contribution in [2.24, 2.45) is 5.73 Å². The molecule has 160 valence electrons. The van der Waals surface area contributed by atoms with Gasteiger partial charge in [0, 0.05) is 16.7 Å². The van der Waals surface area contributed by atoms with Crippen LogP contribution in [0.4, 0.5) is 0 Å². The van der Waals surface area contributed by atoms with Gasteiger partial charge in [-0.25, -0.2) is 4.79 Å². The first-order valence-corrected chi connectivity index (χ1v) is 10.3. The number of fused-ring (bicyclic) bond motifs is 1. The number of esters is 1. The maximum atomic E-state index is 12.6. The molecule has 3 aromatic carbocycles. The van der Waals surface area contributed by atoms with Crippen molar-refractivity contribution < 1.29 is 19.0 Å². The highest BCUT2D eigenvalue weighted by atomic mass is 35.5. The number of nitrogens with zero attached hydrogens (tertiary/aromatic N) is 1. The van der Waals surface area contributed by atoms with Gasteiger partial charge in [-0.1, -0.05) is 35.9 Å². The maximum absolute atomic E-state index is 12.6. The fraction of sp³-hybridized carbons (Fsp3) is 0.120. The molecule has 0 saturated heterocycles. The van der Waals surface area contributed by atoms with Crippen molar-refractivity contribution in [3.63, 3.8) is 0 Å². The van der Waals surface area contributed by atoms with Gasteiger partial charge in [0.05, 0.1) is 18.1 Å². The Hall–Kier alpha value is -3.95. The van der Waals surface area contributed by atoms with Gasteiger partial charge in [0.15, 0.2) is 0 Å². The van der Waals surface area contributed by atoms with Crippen LogP contribution in [0.15, 0.2) is 78.2 Å². The lowest BCUT2D eigenvalue weighted by Crippen LogP contribution is -2.21. The number of ether oxygens (including phenoxy) is 3. The third-order valence-electron chi connectivity index (χ3n) is 4.96. The minimum absolute atomic E-state index is 0.00197. The summed E-state index contributed by atoms with van der Waals surface area (Å²) >= 11 is 6.16. The van der Waals surface area contributed by atoms with E-state index in [1.165, 1.54) is 0 Å². The molecule has 0 saturated carbocycles.